The SMILES string of the molecule is CCc1ccc2nc(N(CCN(C)C)C(=O)c3ccc(C(C)=O)cc3)sc2c1.Cl. The number of Topliss-reactive ketones (excluding diaryl/α,β-unsaturated/α-hetero) is 1. The maximum Gasteiger partial charge on any atom is 0.260 e. The summed E-state index contributed by atoms with van der Waals surface area (Å²) in [7, 11) is 3.96. The molecule has 2 aromatic carbocycles. The topological polar surface area (TPSA) is 53.5 Å². The lowest BCUT2D eigenvalue weighted by atomic mass is 10.1. The predicted molar refractivity (Wildman–Crippen MR) is 123 cm³/mol. The Kier molecular flexibility index (Phi) is 7.90. The Morgan fingerprint density at radius 1 is 1.00 bits per heavy atom. The molecule has 0 radical (unpaired) electrons. The highest BCUT2D eigenvalue weighted by Crippen LogP contribution is 2.30. The van der Waals surface area contributed by atoms with Crippen molar-refractivity contribution in [2.75, 3.05) is 32.1 Å². The second kappa shape index (κ2) is 9.96. The monoisotopic (exact) mass is 431 g/mol. The van der Waals surface area contributed by atoms with Crippen LogP contribution in [-0.2, 0) is 6.42 Å². The number of carbonyl (C=O) groups is 2. The number of hydrogen-bond acceptors (Lipinski definition) is 5. The number of aryl methyl sites for hydroxylation is 1. The summed E-state index contributed by atoms with van der Waals surface area (Å²) < 4.78 is 1.09. The first-order valence-electron chi connectivity index (χ1n) is 9.36. The first-order chi connectivity index (χ1) is 13.4. The number of fused-ring (bicyclic) bond motifs is 1. The molecule has 0 saturated heterocycles. The van der Waals surface area contributed by atoms with Crippen LogP contribution in [0.25, 0.3) is 10.2 Å². The molecule has 1 aromatic heterocycles. The number of halogens is 1. The number of carbonyl (C=O) groups excluding carboxylic acids is 2. The molecule has 1 heterocycles. The van der Waals surface area contributed by atoms with E-state index < -0.39 is 0 Å². The second-order valence-electron chi connectivity index (χ2n) is 7.05. The lowest BCUT2D eigenvalue weighted by molar-refractivity contribution is 0.0981. The predicted octanol–water partition coefficient (Wildman–Crippen LogP) is 4.69. The van der Waals surface area contributed by atoms with E-state index in [1.165, 1.54) is 23.8 Å². The zero-order valence-electron chi connectivity index (χ0n) is 17.1. The van der Waals surface area contributed by atoms with Gasteiger partial charge in [-0.3, -0.25) is 14.5 Å². The Morgan fingerprint density at radius 2 is 1.66 bits per heavy atom. The van der Waals surface area contributed by atoms with Crippen LogP contribution in [0.1, 0.15) is 40.1 Å². The van der Waals surface area contributed by atoms with Crippen molar-refractivity contribution >= 4 is 50.8 Å². The number of hydrogen-bond donors (Lipinski definition) is 0. The highest BCUT2D eigenvalue weighted by Gasteiger charge is 2.21. The van der Waals surface area contributed by atoms with Crippen molar-refractivity contribution in [2.45, 2.75) is 20.3 Å². The number of rotatable bonds is 7. The molecule has 5 nitrogen and oxygen atoms in total. The lowest BCUT2D eigenvalue weighted by Gasteiger charge is -2.22. The molecule has 0 aliphatic heterocycles. The van der Waals surface area contributed by atoms with Gasteiger partial charge in [0.05, 0.1) is 10.2 Å². The fourth-order valence-corrected chi connectivity index (χ4v) is 3.93. The average molecular weight is 432 g/mol. The van der Waals surface area contributed by atoms with E-state index in [1.54, 1.807) is 29.2 Å². The van der Waals surface area contributed by atoms with Gasteiger partial charge in [-0.15, -0.1) is 12.4 Å². The van der Waals surface area contributed by atoms with Crippen molar-refractivity contribution in [3.05, 3.63) is 59.2 Å². The maximum absolute atomic E-state index is 13.2. The first kappa shape index (κ1) is 23.0. The van der Waals surface area contributed by atoms with Crippen LogP contribution in [0.5, 0.6) is 0 Å². The Bertz CT molecular complexity index is 999. The van der Waals surface area contributed by atoms with Gasteiger partial charge in [0, 0.05) is 24.2 Å². The maximum atomic E-state index is 13.2. The fourth-order valence-electron chi connectivity index (χ4n) is 2.88. The fraction of sp³-hybridized carbons (Fsp3) is 0.318. The van der Waals surface area contributed by atoms with E-state index in [9.17, 15) is 9.59 Å². The number of nitrogens with zero attached hydrogens (tertiary/aromatic N) is 3. The summed E-state index contributed by atoms with van der Waals surface area (Å²) in [5, 5.41) is 0.700. The molecule has 0 saturated carbocycles. The summed E-state index contributed by atoms with van der Waals surface area (Å²) in [6, 6.07) is 13.1. The molecular weight excluding hydrogens is 406 g/mol. The minimum Gasteiger partial charge on any atom is -0.308 e. The van der Waals surface area contributed by atoms with E-state index in [1.807, 2.05) is 25.1 Å². The van der Waals surface area contributed by atoms with Crippen LogP contribution < -0.4 is 4.90 Å². The van der Waals surface area contributed by atoms with Crippen molar-refractivity contribution in [3.8, 4) is 0 Å². The van der Waals surface area contributed by atoms with Gasteiger partial charge in [-0.05, 0) is 57.3 Å². The van der Waals surface area contributed by atoms with Crippen molar-refractivity contribution in [3.63, 3.8) is 0 Å². The van der Waals surface area contributed by atoms with Crippen molar-refractivity contribution < 1.29 is 9.59 Å². The summed E-state index contributed by atoms with van der Waals surface area (Å²) in [4.78, 5) is 33.2. The molecule has 29 heavy (non-hydrogen) atoms. The smallest absolute Gasteiger partial charge is 0.260 e. The molecule has 0 spiro atoms. The van der Waals surface area contributed by atoms with Gasteiger partial charge >= 0.3 is 0 Å². The van der Waals surface area contributed by atoms with E-state index in [2.05, 4.69) is 19.1 Å². The Hall–Kier alpha value is -2.28. The molecule has 0 aliphatic rings. The molecule has 0 fully saturated rings. The minimum atomic E-state index is -0.105. The summed E-state index contributed by atoms with van der Waals surface area (Å²) in [6.07, 6.45) is 0.967. The van der Waals surface area contributed by atoms with E-state index in [-0.39, 0.29) is 24.1 Å². The quantitative estimate of drug-likeness (QED) is 0.509. The molecule has 0 N–H and O–H groups in total. The van der Waals surface area contributed by atoms with Crippen molar-refractivity contribution in [2.24, 2.45) is 0 Å². The van der Waals surface area contributed by atoms with Crippen LogP contribution >= 0.6 is 23.7 Å². The zero-order valence-corrected chi connectivity index (χ0v) is 18.8. The molecule has 3 rings (SSSR count). The number of ketones is 1. The molecule has 0 bridgehead atoms. The first-order valence-corrected chi connectivity index (χ1v) is 10.2. The third-order valence-corrected chi connectivity index (χ3v) is 5.68. The third-order valence-electron chi connectivity index (χ3n) is 4.64. The number of aromatic nitrogens is 1. The zero-order chi connectivity index (χ0) is 20.3. The average Bonchev–Trinajstić information content (AvgIpc) is 3.10. The van der Waals surface area contributed by atoms with Crippen LogP contribution in [0.15, 0.2) is 42.5 Å². The van der Waals surface area contributed by atoms with Crippen LogP contribution in [0.3, 0.4) is 0 Å². The van der Waals surface area contributed by atoms with Gasteiger partial charge in [0.2, 0.25) is 0 Å². The van der Waals surface area contributed by atoms with E-state index >= 15 is 0 Å². The van der Waals surface area contributed by atoms with Crippen LogP contribution in [0, 0.1) is 0 Å². The molecule has 1 amide bonds. The lowest BCUT2D eigenvalue weighted by Crippen LogP contribution is -2.36. The Morgan fingerprint density at radius 3 is 2.24 bits per heavy atom. The van der Waals surface area contributed by atoms with Crippen LogP contribution in [-0.4, -0.2) is 48.8 Å². The largest absolute Gasteiger partial charge is 0.308 e. The van der Waals surface area contributed by atoms with E-state index in [4.69, 9.17) is 4.98 Å². The van der Waals surface area contributed by atoms with Gasteiger partial charge in [-0.25, -0.2) is 4.98 Å². The Labute approximate surface area is 181 Å². The standard InChI is InChI=1S/C22H25N3O2S.ClH/c1-5-16-6-11-19-20(14-16)28-22(23-19)25(13-12-24(3)4)21(27)18-9-7-17(8-10-18)15(2)26;/h6-11,14H,5,12-13H2,1-4H3;1H. The number of likely N-dealkylation sites (N-methyl/N-ethyl adjacent to an activating group) is 1. The van der Waals surface area contributed by atoms with E-state index in [0.717, 1.165) is 23.2 Å². The normalized spacial score (nSPS) is 10.8. The minimum absolute atomic E-state index is 0. The number of anilines is 1. The molecule has 7 heteroatoms. The summed E-state index contributed by atoms with van der Waals surface area (Å²) in [5.41, 5.74) is 3.32. The van der Waals surface area contributed by atoms with Gasteiger partial charge in [-0.2, -0.15) is 0 Å². The van der Waals surface area contributed by atoms with Crippen molar-refractivity contribution in [1.29, 1.82) is 0 Å². The van der Waals surface area contributed by atoms with E-state index in [0.29, 0.717) is 22.8 Å². The summed E-state index contributed by atoms with van der Waals surface area (Å²) >= 11 is 1.54. The molecule has 154 valence electrons. The third kappa shape index (κ3) is 5.41. The summed E-state index contributed by atoms with van der Waals surface area (Å²) in [5.74, 6) is -0.118. The van der Waals surface area contributed by atoms with Gasteiger partial charge in [0.25, 0.3) is 5.91 Å². The molecule has 0 atom stereocenters. The van der Waals surface area contributed by atoms with Crippen LogP contribution in [0.2, 0.25) is 0 Å². The highest BCUT2D eigenvalue weighted by atomic mass is 35.5. The van der Waals surface area contributed by atoms with Crippen LogP contribution in [0.4, 0.5) is 5.13 Å². The molecule has 3 aromatic rings. The number of benzene rings is 2. The molecule has 0 aliphatic carbocycles. The number of thiazole rings is 1. The highest BCUT2D eigenvalue weighted by molar-refractivity contribution is 7.22. The second-order valence-corrected chi connectivity index (χ2v) is 8.05. The number of amides is 1. The summed E-state index contributed by atoms with van der Waals surface area (Å²) in [6.45, 7) is 4.92. The van der Waals surface area contributed by atoms with Gasteiger partial charge in [0.1, 0.15) is 0 Å². The van der Waals surface area contributed by atoms with Gasteiger partial charge in [0.15, 0.2) is 10.9 Å². The molecule has 0 unspecified atom stereocenters. The van der Waals surface area contributed by atoms with Crippen molar-refractivity contribution in [1.82, 2.24) is 9.88 Å². The van der Waals surface area contributed by atoms with Gasteiger partial charge < -0.3 is 4.90 Å². The van der Waals surface area contributed by atoms with Gasteiger partial charge in [-0.1, -0.05) is 36.5 Å². The Balaban J connectivity index is 0.00000300. The molecular formula is C22H26ClN3O2S.